The van der Waals surface area contributed by atoms with Gasteiger partial charge >= 0.3 is 0 Å². The van der Waals surface area contributed by atoms with Gasteiger partial charge in [0.2, 0.25) is 5.91 Å². The molecule has 0 radical (unpaired) electrons. The first-order valence-electron chi connectivity index (χ1n) is 6.36. The number of amides is 1. The lowest BCUT2D eigenvalue weighted by Gasteiger charge is -2.27. The normalized spacial score (nSPS) is 26.7. The molecule has 0 aromatic rings. The molecule has 1 fully saturated rings. The Bertz CT molecular complexity index is 228. The smallest absolute Gasteiger partial charge is 0.231 e. The number of ether oxygens (including phenoxy) is 1. The van der Waals surface area contributed by atoms with Gasteiger partial charge in [-0.3, -0.25) is 4.79 Å². The number of nitrogens with one attached hydrogen (secondary N) is 1. The molecule has 1 aliphatic carbocycles. The highest BCUT2D eigenvalue weighted by Crippen LogP contribution is 2.25. The molecule has 1 atom stereocenters. The Labute approximate surface area is 103 Å². The molecule has 5 heteroatoms. The monoisotopic (exact) mass is 244 g/mol. The van der Waals surface area contributed by atoms with Crippen molar-refractivity contribution in [1.29, 1.82) is 0 Å². The summed E-state index contributed by atoms with van der Waals surface area (Å²) in [6.45, 7) is 3.02. The van der Waals surface area contributed by atoms with Crippen molar-refractivity contribution in [2.24, 2.45) is 11.7 Å². The topological polar surface area (TPSA) is 84.6 Å². The van der Waals surface area contributed by atoms with Gasteiger partial charge in [0.25, 0.3) is 0 Å². The maximum atomic E-state index is 10.5. The highest BCUT2D eigenvalue weighted by molar-refractivity contribution is 5.75. The highest BCUT2D eigenvalue weighted by atomic mass is 16.5. The molecule has 0 aromatic carbocycles. The molecule has 0 bridgehead atoms. The van der Waals surface area contributed by atoms with E-state index in [0.29, 0.717) is 13.2 Å². The van der Waals surface area contributed by atoms with E-state index >= 15 is 0 Å². The number of aliphatic hydroxyl groups is 1. The molecule has 1 unspecified atom stereocenters. The standard InChI is InChI=1S/C12H24N2O3/c1-9-2-4-11(5-3-9)17-8-10(15)6-14-7-12(13)16/h9-11,14-15H,2-8H2,1H3,(H2,13,16). The van der Waals surface area contributed by atoms with Gasteiger partial charge < -0.3 is 20.9 Å². The Morgan fingerprint density at radius 3 is 2.71 bits per heavy atom. The lowest BCUT2D eigenvalue weighted by Crippen LogP contribution is -2.37. The predicted molar refractivity (Wildman–Crippen MR) is 65.4 cm³/mol. The molecule has 0 spiro atoms. The van der Waals surface area contributed by atoms with E-state index in [1.165, 1.54) is 12.8 Å². The average molecular weight is 244 g/mol. The fourth-order valence-corrected chi connectivity index (χ4v) is 2.06. The Balaban J connectivity index is 2.03. The summed E-state index contributed by atoms with van der Waals surface area (Å²) in [6.07, 6.45) is 4.30. The number of aliphatic hydroxyl groups excluding tert-OH is 1. The van der Waals surface area contributed by atoms with Crippen molar-refractivity contribution in [2.75, 3.05) is 19.7 Å². The molecule has 1 aliphatic rings. The summed E-state index contributed by atoms with van der Waals surface area (Å²) in [6, 6.07) is 0. The Hall–Kier alpha value is -0.650. The summed E-state index contributed by atoms with van der Waals surface area (Å²) in [5.74, 6) is 0.386. The molecule has 4 N–H and O–H groups in total. The second kappa shape index (κ2) is 7.63. The number of rotatable bonds is 7. The van der Waals surface area contributed by atoms with Gasteiger partial charge in [0.1, 0.15) is 0 Å². The maximum Gasteiger partial charge on any atom is 0.231 e. The minimum absolute atomic E-state index is 0.0952. The van der Waals surface area contributed by atoms with Crippen LogP contribution in [-0.2, 0) is 9.53 Å². The van der Waals surface area contributed by atoms with Gasteiger partial charge in [-0.05, 0) is 31.6 Å². The second-order valence-corrected chi connectivity index (χ2v) is 4.97. The van der Waals surface area contributed by atoms with E-state index in [1.807, 2.05) is 0 Å². The van der Waals surface area contributed by atoms with Gasteiger partial charge in [0.15, 0.2) is 0 Å². The zero-order valence-corrected chi connectivity index (χ0v) is 10.5. The van der Waals surface area contributed by atoms with Gasteiger partial charge in [-0.25, -0.2) is 0 Å². The van der Waals surface area contributed by atoms with E-state index in [1.54, 1.807) is 0 Å². The molecule has 1 saturated carbocycles. The molecule has 5 nitrogen and oxygen atoms in total. The van der Waals surface area contributed by atoms with Crippen molar-refractivity contribution in [3.63, 3.8) is 0 Å². The van der Waals surface area contributed by atoms with Crippen LogP contribution < -0.4 is 11.1 Å². The number of hydrogen-bond acceptors (Lipinski definition) is 4. The Morgan fingerprint density at radius 1 is 1.47 bits per heavy atom. The van der Waals surface area contributed by atoms with Gasteiger partial charge in [0.05, 0.1) is 25.4 Å². The van der Waals surface area contributed by atoms with Crippen molar-refractivity contribution >= 4 is 5.91 Å². The summed E-state index contributed by atoms with van der Waals surface area (Å²) in [4.78, 5) is 10.5. The largest absolute Gasteiger partial charge is 0.389 e. The summed E-state index contributed by atoms with van der Waals surface area (Å²) in [5.41, 5.74) is 4.97. The van der Waals surface area contributed by atoms with Crippen LogP contribution in [-0.4, -0.2) is 42.9 Å². The minimum atomic E-state index is -0.575. The number of nitrogens with two attached hydrogens (primary N) is 1. The van der Waals surface area contributed by atoms with E-state index < -0.39 is 12.0 Å². The quantitative estimate of drug-likeness (QED) is 0.589. The number of carbonyl (C=O) groups excluding carboxylic acids is 1. The molecule has 0 saturated heterocycles. The average Bonchev–Trinajstić information content (AvgIpc) is 2.28. The first-order valence-corrected chi connectivity index (χ1v) is 6.36. The minimum Gasteiger partial charge on any atom is -0.389 e. The fraction of sp³-hybridized carbons (Fsp3) is 0.917. The Morgan fingerprint density at radius 2 is 2.12 bits per heavy atom. The summed E-state index contributed by atoms with van der Waals surface area (Å²) < 4.78 is 5.64. The third kappa shape index (κ3) is 6.61. The molecular formula is C12H24N2O3. The van der Waals surface area contributed by atoms with Crippen molar-refractivity contribution < 1.29 is 14.6 Å². The predicted octanol–water partition coefficient (Wildman–Crippen LogP) is 0.0175. The molecule has 1 amide bonds. The lowest BCUT2D eigenvalue weighted by atomic mass is 9.89. The van der Waals surface area contributed by atoms with Gasteiger partial charge in [-0.15, -0.1) is 0 Å². The third-order valence-electron chi connectivity index (χ3n) is 3.17. The second-order valence-electron chi connectivity index (χ2n) is 4.97. The molecule has 0 heterocycles. The SMILES string of the molecule is CC1CCC(OCC(O)CNCC(N)=O)CC1. The Kier molecular flexibility index (Phi) is 6.47. The van der Waals surface area contributed by atoms with E-state index in [0.717, 1.165) is 18.8 Å². The zero-order valence-electron chi connectivity index (χ0n) is 10.5. The lowest BCUT2D eigenvalue weighted by molar-refractivity contribution is -0.117. The van der Waals surface area contributed by atoms with Gasteiger partial charge in [-0.2, -0.15) is 0 Å². The summed E-state index contributed by atoms with van der Waals surface area (Å²) in [5, 5.41) is 12.4. The van der Waals surface area contributed by atoms with Crippen LogP contribution in [0.25, 0.3) is 0 Å². The molecule has 1 rings (SSSR count). The van der Waals surface area contributed by atoms with Crippen LogP contribution in [0.3, 0.4) is 0 Å². The highest BCUT2D eigenvalue weighted by Gasteiger charge is 2.19. The number of hydrogen-bond donors (Lipinski definition) is 3. The van der Waals surface area contributed by atoms with Crippen LogP contribution in [0, 0.1) is 5.92 Å². The third-order valence-corrected chi connectivity index (χ3v) is 3.17. The van der Waals surface area contributed by atoms with Crippen LogP contribution in [0.15, 0.2) is 0 Å². The van der Waals surface area contributed by atoms with Gasteiger partial charge in [0, 0.05) is 6.54 Å². The van der Waals surface area contributed by atoms with Crippen LogP contribution in [0.5, 0.6) is 0 Å². The van der Waals surface area contributed by atoms with Crippen molar-refractivity contribution in [2.45, 2.75) is 44.8 Å². The molecular weight excluding hydrogens is 220 g/mol. The molecule has 17 heavy (non-hydrogen) atoms. The van der Waals surface area contributed by atoms with Gasteiger partial charge in [-0.1, -0.05) is 6.92 Å². The zero-order chi connectivity index (χ0) is 12.7. The van der Waals surface area contributed by atoms with Crippen LogP contribution in [0.4, 0.5) is 0 Å². The fourth-order valence-electron chi connectivity index (χ4n) is 2.06. The number of primary amides is 1. The molecule has 0 aromatic heterocycles. The van der Waals surface area contributed by atoms with Crippen molar-refractivity contribution in [3.05, 3.63) is 0 Å². The van der Waals surface area contributed by atoms with E-state index in [2.05, 4.69) is 12.2 Å². The van der Waals surface area contributed by atoms with Crippen LogP contribution in [0.1, 0.15) is 32.6 Å². The van der Waals surface area contributed by atoms with E-state index in [-0.39, 0.29) is 12.6 Å². The van der Waals surface area contributed by atoms with Crippen molar-refractivity contribution in [1.82, 2.24) is 5.32 Å². The summed E-state index contributed by atoms with van der Waals surface area (Å²) >= 11 is 0. The van der Waals surface area contributed by atoms with E-state index in [9.17, 15) is 9.90 Å². The maximum absolute atomic E-state index is 10.5. The van der Waals surface area contributed by atoms with Crippen LogP contribution >= 0.6 is 0 Å². The first-order chi connectivity index (χ1) is 8.08. The first kappa shape index (κ1) is 14.4. The molecule has 0 aliphatic heterocycles. The van der Waals surface area contributed by atoms with Crippen molar-refractivity contribution in [3.8, 4) is 0 Å². The molecule has 100 valence electrons. The summed E-state index contributed by atoms with van der Waals surface area (Å²) in [7, 11) is 0. The number of carbonyl (C=O) groups is 1. The van der Waals surface area contributed by atoms with E-state index in [4.69, 9.17) is 10.5 Å². The van der Waals surface area contributed by atoms with Crippen LogP contribution in [0.2, 0.25) is 0 Å².